The second-order valence-electron chi connectivity index (χ2n) is 7.35. The SMILES string of the molecule is C/C=C/c1ccc2c(c1)O[C@H](CN(C)C(C)=O)[C@@H](C)CN([C@H](C)CO)S2(=O)=O. The number of hydrogen-bond donors (Lipinski definition) is 1. The van der Waals surface area contributed by atoms with Gasteiger partial charge in [0.25, 0.3) is 0 Å². The second-order valence-corrected chi connectivity index (χ2v) is 9.20. The lowest BCUT2D eigenvalue weighted by Gasteiger charge is -2.37. The van der Waals surface area contributed by atoms with E-state index in [0.717, 1.165) is 5.56 Å². The molecular weight excluding hydrogens is 380 g/mol. The fraction of sp³-hybridized carbons (Fsp3) is 0.550. The average Bonchev–Trinajstić information content (AvgIpc) is 2.64. The van der Waals surface area contributed by atoms with E-state index in [1.165, 1.54) is 11.2 Å². The Balaban J connectivity index is 2.59. The predicted molar refractivity (Wildman–Crippen MR) is 108 cm³/mol. The van der Waals surface area contributed by atoms with Crippen LogP contribution in [0.25, 0.3) is 6.08 Å². The molecule has 1 heterocycles. The molecule has 3 atom stereocenters. The van der Waals surface area contributed by atoms with Crippen LogP contribution in [0.5, 0.6) is 5.75 Å². The van der Waals surface area contributed by atoms with Crippen molar-refractivity contribution >= 4 is 22.0 Å². The van der Waals surface area contributed by atoms with Crippen LogP contribution in [0.2, 0.25) is 0 Å². The van der Waals surface area contributed by atoms with E-state index >= 15 is 0 Å². The summed E-state index contributed by atoms with van der Waals surface area (Å²) in [7, 11) is -2.15. The van der Waals surface area contributed by atoms with Crippen molar-refractivity contribution in [3.8, 4) is 5.75 Å². The summed E-state index contributed by atoms with van der Waals surface area (Å²) in [5, 5.41) is 9.61. The van der Waals surface area contributed by atoms with Gasteiger partial charge >= 0.3 is 0 Å². The van der Waals surface area contributed by atoms with Gasteiger partial charge in [-0.2, -0.15) is 4.31 Å². The van der Waals surface area contributed by atoms with E-state index in [1.54, 1.807) is 37.1 Å². The summed E-state index contributed by atoms with van der Waals surface area (Å²) >= 11 is 0. The van der Waals surface area contributed by atoms with Crippen LogP contribution in [0, 0.1) is 5.92 Å². The number of carbonyl (C=O) groups excluding carboxylic acids is 1. The minimum atomic E-state index is -3.84. The topological polar surface area (TPSA) is 87.2 Å². The molecule has 1 aliphatic heterocycles. The molecular formula is C20H30N2O5S. The number of allylic oxidation sites excluding steroid dienone is 1. The molecule has 0 saturated carbocycles. The first-order valence-electron chi connectivity index (χ1n) is 9.39. The van der Waals surface area contributed by atoms with E-state index in [4.69, 9.17) is 4.74 Å². The number of sulfonamides is 1. The standard InChI is InChI=1S/C20H30N2O5S/c1-6-7-17-8-9-20-18(10-17)27-19(12-21(5)16(4)24)14(2)11-22(15(3)13-23)28(20,25)26/h6-10,14-15,19,23H,11-13H2,1-5H3/b7-6+/t14-,15+,19+/m0/s1. The Bertz CT molecular complexity index is 837. The van der Waals surface area contributed by atoms with Crippen molar-refractivity contribution in [3.05, 3.63) is 29.8 Å². The molecule has 7 nitrogen and oxygen atoms in total. The van der Waals surface area contributed by atoms with E-state index in [0.29, 0.717) is 6.54 Å². The molecule has 28 heavy (non-hydrogen) atoms. The van der Waals surface area contributed by atoms with Crippen LogP contribution < -0.4 is 4.74 Å². The molecule has 0 bridgehead atoms. The zero-order valence-corrected chi connectivity index (χ0v) is 17.9. The van der Waals surface area contributed by atoms with Gasteiger partial charge in [-0.15, -0.1) is 0 Å². The van der Waals surface area contributed by atoms with Gasteiger partial charge in [-0.25, -0.2) is 8.42 Å². The Morgan fingerprint density at radius 2 is 2.14 bits per heavy atom. The van der Waals surface area contributed by atoms with Crippen molar-refractivity contribution in [2.24, 2.45) is 5.92 Å². The fourth-order valence-corrected chi connectivity index (χ4v) is 4.98. The van der Waals surface area contributed by atoms with Crippen LogP contribution in [-0.2, 0) is 14.8 Å². The highest BCUT2D eigenvalue weighted by Gasteiger charge is 2.38. The second kappa shape index (κ2) is 9.07. The molecule has 1 aromatic carbocycles. The fourth-order valence-electron chi connectivity index (χ4n) is 3.15. The van der Waals surface area contributed by atoms with Gasteiger partial charge in [-0.1, -0.05) is 25.1 Å². The van der Waals surface area contributed by atoms with E-state index in [9.17, 15) is 18.3 Å². The molecule has 8 heteroatoms. The molecule has 0 spiro atoms. The van der Waals surface area contributed by atoms with Crippen molar-refractivity contribution in [3.63, 3.8) is 0 Å². The van der Waals surface area contributed by atoms with Crippen molar-refractivity contribution in [1.29, 1.82) is 0 Å². The number of fused-ring (bicyclic) bond motifs is 1. The number of likely N-dealkylation sites (N-methyl/N-ethyl adjacent to an activating group) is 1. The highest BCUT2D eigenvalue weighted by molar-refractivity contribution is 7.89. The van der Waals surface area contributed by atoms with Crippen LogP contribution in [0.1, 0.15) is 33.3 Å². The van der Waals surface area contributed by atoms with Crippen LogP contribution in [0.15, 0.2) is 29.2 Å². The van der Waals surface area contributed by atoms with Gasteiger partial charge in [-0.05, 0) is 31.5 Å². The Morgan fingerprint density at radius 1 is 1.46 bits per heavy atom. The van der Waals surface area contributed by atoms with Crippen LogP contribution in [0.4, 0.5) is 0 Å². The number of hydrogen-bond acceptors (Lipinski definition) is 5. The quantitative estimate of drug-likeness (QED) is 0.802. The molecule has 1 amide bonds. The van der Waals surface area contributed by atoms with Crippen LogP contribution >= 0.6 is 0 Å². The van der Waals surface area contributed by atoms with E-state index in [1.807, 2.05) is 26.0 Å². The summed E-state index contributed by atoms with van der Waals surface area (Å²) in [5.41, 5.74) is 0.824. The van der Waals surface area contributed by atoms with E-state index < -0.39 is 22.2 Å². The molecule has 156 valence electrons. The first-order valence-corrected chi connectivity index (χ1v) is 10.8. The van der Waals surface area contributed by atoms with Crippen molar-refractivity contribution in [2.45, 2.75) is 44.7 Å². The number of nitrogens with zero attached hydrogens (tertiary/aromatic N) is 2. The number of benzene rings is 1. The maximum absolute atomic E-state index is 13.3. The third-order valence-corrected chi connectivity index (χ3v) is 7.06. The molecule has 0 fully saturated rings. The van der Waals surface area contributed by atoms with Crippen LogP contribution in [0.3, 0.4) is 0 Å². The van der Waals surface area contributed by atoms with Crippen LogP contribution in [-0.4, -0.2) is 67.5 Å². The number of carbonyl (C=O) groups is 1. The normalized spacial score (nSPS) is 23.4. The summed E-state index contributed by atoms with van der Waals surface area (Å²) in [6, 6.07) is 4.40. The first-order chi connectivity index (χ1) is 13.1. The average molecular weight is 411 g/mol. The lowest BCUT2D eigenvalue weighted by Crippen LogP contribution is -2.50. The Hall–Kier alpha value is -1.90. The summed E-state index contributed by atoms with van der Waals surface area (Å²) in [5.74, 6) is -0.0164. The summed E-state index contributed by atoms with van der Waals surface area (Å²) in [6.45, 7) is 7.18. The maximum atomic E-state index is 13.3. The van der Waals surface area contributed by atoms with E-state index in [2.05, 4.69) is 0 Å². The Kier molecular flexibility index (Phi) is 7.25. The van der Waals surface area contributed by atoms with Gasteiger partial charge < -0.3 is 14.7 Å². The summed E-state index contributed by atoms with van der Waals surface area (Å²) in [4.78, 5) is 13.3. The molecule has 1 N–H and O–H groups in total. The third-order valence-electron chi connectivity index (χ3n) is 5.04. The lowest BCUT2D eigenvalue weighted by atomic mass is 10.0. The number of amides is 1. The number of rotatable bonds is 5. The zero-order chi connectivity index (χ0) is 21.1. The molecule has 0 aromatic heterocycles. The molecule has 0 radical (unpaired) electrons. The molecule has 0 saturated heterocycles. The minimum absolute atomic E-state index is 0.0726. The maximum Gasteiger partial charge on any atom is 0.247 e. The largest absolute Gasteiger partial charge is 0.487 e. The number of aliphatic hydroxyl groups is 1. The van der Waals surface area contributed by atoms with Gasteiger partial charge in [0.1, 0.15) is 16.7 Å². The van der Waals surface area contributed by atoms with E-state index in [-0.39, 0.29) is 35.6 Å². The first kappa shape index (κ1) is 22.4. The monoisotopic (exact) mass is 410 g/mol. The predicted octanol–water partition coefficient (Wildman–Crippen LogP) is 1.97. The highest BCUT2D eigenvalue weighted by Crippen LogP contribution is 2.34. The Labute approximate surface area is 167 Å². The molecule has 1 aromatic rings. The third kappa shape index (κ3) is 4.74. The highest BCUT2D eigenvalue weighted by atomic mass is 32.2. The minimum Gasteiger partial charge on any atom is -0.487 e. The molecule has 2 rings (SSSR count). The number of ether oxygens (including phenoxy) is 1. The van der Waals surface area contributed by atoms with Gasteiger partial charge in [0.2, 0.25) is 15.9 Å². The molecule has 0 aliphatic carbocycles. The zero-order valence-electron chi connectivity index (χ0n) is 17.1. The Morgan fingerprint density at radius 3 is 2.71 bits per heavy atom. The van der Waals surface area contributed by atoms with Crippen molar-refractivity contribution < 1.29 is 23.1 Å². The van der Waals surface area contributed by atoms with Gasteiger partial charge in [0, 0.05) is 32.5 Å². The molecule has 1 aliphatic rings. The number of aliphatic hydroxyl groups excluding tert-OH is 1. The van der Waals surface area contributed by atoms with Gasteiger partial charge in [0.05, 0.1) is 13.2 Å². The van der Waals surface area contributed by atoms with Crippen molar-refractivity contribution in [1.82, 2.24) is 9.21 Å². The van der Waals surface area contributed by atoms with Gasteiger partial charge in [0.15, 0.2) is 0 Å². The smallest absolute Gasteiger partial charge is 0.247 e. The summed E-state index contributed by atoms with van der Waals surface area (Å²) in [6.07, 6.45) is 3.34. The summed E-state index contributed by atoms with van der Waals surface area (Å²) < 4.78 is 34.0. The van der Waals surface area contributed by atoms with Crippen molar-refractivity contribution in [2.75, 3.05) is 26.7 Å². The van der Waals surface area contributed by atoms with Gasteiger partial charge in [-0.3, -0.25) is 4.79 Å². The lowest BCUT2D eigenvalue weighted by molar-refractivity contribution is -0.129. The molecule has 0 unspecified atom stereocenters.